The number of Topliss-reactive ketones (excluding diaryl/α,β-unsaturated/α-hetero) is 1. The number of carbonyl (C=O) groups excluding carboxylic acids is 6. The number of unbranched alkanes of at least 4 members (excludes halogenated alkanes) is 27. The molecule has 136 heavy (non-hydrogen) atoms. The maximum atomic E-state index is 13.8. The van der Waals surface area contributed by atoms with Gasteiger partial charge in [-0.25, -0.2) is 4.79 Å². The van der Waals surface area contributed by atoms with Crippen LogP contribution in [0.15, 0.2) is 11.6 Å². The average molecular weight is 1970 g/mol. The van der Waals surface area contributed by atoms with E-state index in [4.69, 9.17) is 41.8 Å². The van der Waals surface area contributed by atoms with E-state index in [0.29, 0.717) is 122 Å². The second-order valence-corrected chi connectivity index (χ2v) is 46.3. The molecule has 10 N–H and O–H groups in total. The van der Waals surface area contributed by atoms with Gasteiger partial charge in [-0.3, -0.25) is 28.5 Å². The van der Waals surface area contributed by atoms with Gasteiger partial charge in [0.2, 0.25) is 23.6 Å². The normalized spacial score (nSPS) is 29.9. The molecule has 0 bridgehead atoms. The Hall–Kier alpha value is -3.71. The van der Waals surface area contributed by atoms with Crippen LogP contribution in [0.1, 0.15) is 389 Å². The molecule has 5 amide bonds. The largest absolute Gasteiger partial charge is 0.697 e. The van der Waals surface area contributed by atoms with Gasteiger partial charge in [0.1, 0.15) is 43.7 Å². The summed E-state index contributed by atoms with van der Waals surface area (Å²) in [7, 11) is -5.65. The summed E-state index contributed by atoms with van der Waals surface area (Å²) in [4.78, 5) is 83.3. The lowest BCUT2D eigenvalue weighted by Crippen LogP contribution is -2.55. The summed E-state index contributed by atoms with van der Waals surface area (Å²) in [5.74, 6) is 3.50. The molecule has 8 aliphatic rings. The van der Waals surface area contributed by atoms with Crippen LogP contribution in [0.25, 0.3) is 0 Å². The van der Waals surface area contributed by atoms with Gasteiger partial charge >= 0.3 is 21.9 Å². The molecule has 0 aromatic carbocycles. The van der Waals surface area contributed by atoms with Crippen molar-refractivity contribution in [2.45, 2.75) is 469 Å². The van der Waals surface area contributed by atoms with Crippen LogP contribution in [-0.4, -0.2) is 246 Å². The van der Waals surface area contributed by atoms with Crippen molar-refractivity contribution >= 4 is 51.4 Å². The highest BCUT2D eigenvalue weighted by Crippen LogP contribution is 2.68. The Morgan fingerprint density at radius 1 is 0.522 bits per heavy atom. The molecule has 786 valence electrons. The van der Waals surface area contributed by atoms with E-state index in [-0.39, 0.29) is 117 Å². The van der Waals surface area contributed by atoms with E-state index in [1.165, 1.54) is 153 Å². The number of hydrogen-bond acceptors (Lipinski definition) is 24. The second-order valence-electron chi connectivity index (χ2n) is 43.3. The molecular formula is C105H188N5O24P2+. The number of fused-ring (bicyclic) bond motifs is 5. The molecule has 4 aliphatic heterocycles. The topological polar surface area (TPSA) is 404 Å². The number of ether oxygens (including phenoxy) is 5. The Morgan fingerprint density at radius 2 is 1.04 bits per heavy atom. The Labute approximate surface area is 818 Å². The predicted octanol–water partition coefficient (Wildman–Crippen LogP) is 18.4. The van der Waals surface area contributed by atoms with Gasteiger partial charge in [0.25, 0.3) is 0 Å². The summed E-state index contributed by atoms with van der Waals surface area (Å²) >= 11 is 0. The molecule has 31 heteroatoms. The number of allylic oxidation sites excluding steroid dienone is 1. The van der Waals surface area contributed by atoms with Gasteiger partial charge in [-0.15, -0.1) is 9.05 Å². The van der Waals surface area contributed by atoms with E-state index in [0.717, 1.165) is 125 Å². The molecule has 29 nitrogen and oxygen atoms in total. The highest BCUT2D eigenvalue weighted by molar-refractivity contribution is 7.53. The zero-order valence-electron chi connectivity index (χ0n) is 85.4. The smallest absolute Gasteiger partial charge is 0.446 e. The third kappa shape index (κ3) is 39.7. The average Bonchev–Trinajstić information content (AvgIpc) is 1.48. The minimum absolute atomic E-state index is 0.0286. The number of likely N-dealkylation sites (tertiary alicyclic amines) is 2. The number of amides is 5. The second kappa shape index (κ2) is 63.5. The van der Waals surface area contributed by atoms with E-state index in [2.05, 4.69) is 63.6 Å². The summed E-state index contributed by atoms with van der Waals surface area (Å²) in [6, 6.07) is -1.29. The third-order valence-electron chi connectivity index (χ3n) is 32.1. The molecule has 7 fully saturated rings. The standard InChI is InChI=1S/C105H187N5O24P2/c1-75(2)44-43-45-77(4)86-54-55-87-85-53-52-80-67-83(56-58-104(80,7)88(85)57-59-105(86,87)8)131-103(123)107-61-37-30-33-51-96(118)110-70-84(68-81(110)71-111)134-136(9,125)130-65-40-29-25-23-21-19-17-15-13-11-10-12-14-16-18-20-22-24-28-39-64-128-135(124)129-74-82-66-76(3)69-109(82)95(117)50-32-27-26-31-47-90(114)89(108-94(116)49-36-42-63-127-102-79(6)98(120)100(122)92(73-113)133-102)46-34-38-60-106-93(115)48-35-41-62-126-101-78(5)97(119)99(121)91(72-112)132-101/h52,75-79,81-89,91-92,97-102,111-113,119-122H,10-51,53-74H2,1-9H3,(H2-,106,107,108,115,116,123)/p+1/t76-,77-,78?,79?,81+,82+,83?,84?,85?,86-,87?,88?,89+,91?,92?,97?,98?,99?,100?,101?,102?,104+,105-,136?/m1/s1. The molecule has 17 unspecified atom stereocenters. The van der Waals surface area contributed by atoms with E-state index in [1.54, 1.807) is 18.7 Å². The molecular weight excluding hydrogens is 1780 g/mol. The predicted molar refractivity (Wildman–Crippen MR) is 527 cm³/mol. The van der Waals surface area contributed by atoms with Gasteiger partial charge in [-0.2, -0.15) is 0 Å². The van der Waals surface area contributed by atoms with Gasteiger partial charge < -0.3 is 94.2 Å². The third-order valence-corrected chi connectivity index (χ3v) is 34.1. The molecule has 4 saturated heterocycles. The van der Waals surface area contributed by atoms with Gasteiger partial charge in [0.05, 0.1) is 62.9 Å². The number of aliphatic hydroxyl groups is 7. The van der Waals surface area contributed by atoms with Crippen LogP contribution >= 0.6 is 15.9 Å². The van der Waals surface area contributed by atoms with Crippen molar-refractivity contribution in [3.63, 3.8) is 0 Å². The first kappa shape index (κ1) is 118. The SMILES string of the molecule is CC(C)CCC[C@@H](C)[C@H]1CCC2C3CC=C4CC(OC(=O)NCCCCCC(=O)N5CC(OP(C)(=O)OCCCCCCCCCCCCCCCCCCCCCCO[P+](=O)OC[C@@H]6C[C@@H](C)CN6C(=O)CCCCCCC(=O)[C@H](CCCCNC(=O)CCCCOC6OC(CO)C(O)C(O)C6C)NC(=O)CCCCOC6OC(CO)C(O)C(O)C6C)C[C@H]5CO)CC[C@]4(C)C3CC[C@@]21C. The molecule has 0 aromatic rings. The molecule has 4 aliphatic carbocycles. The number of rotatable bonds is 71. The van der Waals surface area contributed by atoms with Crippen molar-refractivity contribution in [2.24, 2.45) is 64.1 Å². The number of aliphatic hydroxyl groups excluding tert-OH is 7. The van der Waals surface area contributed by atoms with Crippen LogP contribution in [0.2, 0.25) is 0 Å². The molecule has 4 heterocycles. The lowest BCUT2D eigenvalue weighted by atomic mass is 9.47. The fraction of sp³-hybridized carbons (Fsp3) is 0.924. The first-order chi connectivity index (χ1) is 65.4. The molecule has 8 rings (SSSR count). The van der Waals surface area contributed by atoms with Gasteiger partial charge in [0, 0.05) is 101 Å². The fourth-order valence-corrected chi connectivity index (χ4v) is 25.6. The number of ketones is 1. The summed E-state index contributed by atoms with van der Waals surface area (Å²) < 4.78 is 78.2. The zero-order chi connectivity index (χ0) is 98.4. The number of nitrogens with one attached hydrogen (secondary N) is 3. The van der Waals surface area contributed by atoms with E-state index < -0.39 is 102 Å². The molecule has 0 spiro atoms. The summed E-state index contributed by atoms with van der Waals surface area (Å²) in [6.45, 7) is 21.5. The van der Waals surface area contributed by atoms with Crippen molar-refractivity contribution < 1.29 is 115 Å². The summed E-state index contributed by atoms with van der Waals surface area (Å²) in [5.41, 5.74) is 2.21. The summed E-state index contributed by atoms with van der Waals surface area (Å²) in [6.07, 6.45) is 41.5. The monoisotopic (exact) mass is 1970 g/mol. The van der Waals surface area contributed by atoms with Crippen LogP contribution in [0.3, 0.4) is 0 Å². The number of alkyl carbamates (subject to hydrolysis) is 1. The minimum Gasteiger partial charge on any atom is -0.446 e. The lowest BCUT2D eigenvalue weighted by Gasteiger charge is -2.58. The first-order valence-electron chi connectivity index (χ1n) is 54.4. The maximum Gasteiger partial charge on any atom is 0.697 e. The van der Waals surface area contributed by atoms with Crippen molar-refractivity contribution in [1.29, 1.82) is 0 Å². The zero-order valence-corrected chi connectivity index (χ0v) is 87.2. The van der Waals surface area contributed by atoms with Gasteiger partial charge in [0.15, 0.2) is 18.4 Å². The quantitative estimate of drug-likeness (QED) is 0.0154. The van der Waals surface area contributed by atoms with Crippen LogP contribution in [0.4, 0.5) is 4.79 Å². The maximum absolute atomic E-state index is 13.8. The molecule has 3 saturated carbocycles. The van der Waals surface area contributed by atoms with Crippen LogP contribution in [-0.2, 0) is 74.9 Å². The minimum atomic E-state index is -3.35. The van der Waals surface area contributed by atoms with Crippen LogP contribution in [0.5, 0.6) is 0 Å². The highest BCUT2D eigenvalue weighted by atomic mass is 31.2. The Balaban J connectivity index is 0.558. The van der Waals surface area contributed by atoms with E-state index in [1.807, 2.05) is 4.90 Å². The number of carbonyl (C=O) groups is 6. The fourth-order valence-electron chi connectivity index (χ4n) is 23.8. The Kier molecular flexibility index (Phi) is 54.9. The first-order valence-corrected chi connectivity index (χ1v) is 57.5. The van der Waals surface area contributed by atoms with Crippen molar-refractivity contribution in [2.75, 3.05) is 85.7 Å². The lowest BCUT2D eigenvalue weighted by molar-refractivity contribution is -0.282. The van der Waals surface area contributed by atoms with Crippen molar-refractivity contribution in [3.05, 3.63) is 11.6 Å². The van der Waals surface area contributed by atoms with Gasteiger partial charge in [-0.1, -0.05) is 221 Å². The molecule has 25 atom stereocenters. The molecule has 0 aromatic heterocycles. The highest BCUT2D eigenvalue weighted by Gasteiger charge is 2.60. The summed E-state index contributed by atoms with van der Waals surface area (Å²) in [5, 5.41) is 79.2. The Morgan fingerprint density at radius 3 is 1.61 bits per heavy atom. The van der Waals surface area contributed by atoms with E-state index >= 15 is 0 Å². The van der Waals surface area contributed by atoms with Crippen LogP contribution in [0, 0.1) is 64.1 Å². The number of nitrogens with zero attached hydrogens (tertiary/aromatic N) is 2. The van der Waals surface area contributed by atoms with Crippen molar-refractivity contribution in [3.8, 4) is 0 Å². The van der Waals surface area contributed by atoms with Crippen molar-refractivity contribution in [1.82, 2.24) is 25.8 Å². The molecule has 0 radical (unpaired) electrons. The number of hydrogen-bond donors (Lipinski definition) is 10. The van der Waals surface area contributed by atoms with Gasteiger partial charge in [-0.05, 0) is 194 Å². The van der Waals surface area contributed by atoms with E-state index in [9.17, 15) is 73.6 Å². The van der Waals surface area contributed by atoms with Crippen LogP contribution < -0.4 is 16.0 Å². The Bertz CT molecular complexity index is 3510.